The number of rotatable bonds is 7. The molecule has 36 heavy (non-hydrogen) atoms. The Hall–Kier alpha value is -4.04. The maximum absolute atomic E-state index is 13.7. The van der Waals surface area contributed by atoms with Crippen molar-refractivity contribution in [3.05, 3.63) is 94.1 Å². The van der Waals surface area contributed by atoms with Gasteiger partial charge in [-0.1, -0.05) is 42.1 Å². The van der Waals surface area contributed by atoms with Gasteiger partial charge in [0.15, 0.2) is 5.16 Å². The maximum Gasteiger partial charge on any atom is 0.266 e. The fourth-order valence-electron chi connectivity index (χ4n) is 4.01. The van der Waals surface area contributed by atoms with Gasteiger partial charge in [0.1, 0.15) is 17.3 Å². The number of hydrogen-bond acceptors (Lipinski definition) is 7. The first-order valence-electron chi connectivity index (χ1n) is 11.4. The Kier molecular flexibility index (Phi) is 6.52. The zero-order chi connectivity index (χ0) is 25.2. The van der Waals surface area contributed by atoms with Crippen LogP contribution in [-0.2, 0) is 5.75 Å². The van der Waals surface area contributed by atoms with E-state index in [1.54, 1.807) is 43.1 Å². The lowest BCUT2D eigenvalue weighted by Crippen LogP contribution is -2.22. The number of thioether (sulfide) groups is 1. The van der Waals surface area contributed by atoms with Crippen molar-refractivity contribution >= 4 is 22.7 Å². The fraction of sp³-hybridized carbons (Fsp3) is 0.179. The second-order valence-corrected chi connectivity index (χ2v) is 9.16. The molecule has 0 fully saturated rings. The van der Waals surface area contributed by atoms with Crippen LogP contribution in [-0.4, -0.2) is 28.8 Å². The molecule has 0 radical (unpaired) electrons. The van der Waals surface area contributed by atoms with Gasteiger partial charge in [0.05, 0.1) is 36.5 Å². The number of oxazole rings is 1. The van der Waals surface area contributed by atoms with Crippen molar-refractivity contribution < 1.29 is 13.9 Å². The minimum atomic E-state index is -0.177. The Morgan fingerprint density at radius 3 is 2.50 bits per heavy atom. The highest BCUT2D eigenvalue weighted by molar-refractivity contribution is 7.98. The number of aryl methyl sites for hydroxylation is 2. The zero-order valence-electron chi connectivity index (χ0n) is 20.4. The summed E-state index contributed by atoms with van der Waals surface area (Å²) in [6.07, 6.45) is 0. The van der Waals surface area contributed by atoms with E-state index in [0.717, 1.165) is 22.6 Å². The summed E-state index contributed by atoms with van der Waals surface area (Å²) in [4.78, 5) is 23.3. The van der Waals surface area contributed by atoms with E-state index in [4.69, 9.17) is 23.9 Å². The van der Waals surface area contributed by atoms with E-state index < -0.39 is 0 Å². The van der Waals surface area contributed by atoms with E-state index in [1.807, 2.05) is 56.3 Å². The SMILES string of the molecule is COc1ccc(-n2c(SCc3nc(-c4ccccc4C)oc3C)nc3ccccc3c2=O)c(OC)c1. The highest BCUT2D eigenvalue weighted by Crippen LogP contribution is 2.33. The molecule has 5 rings (SSSR count). The van der Waals surface area contributed by atoms with Gasteiger partial charge in [0, 0.05) is 17.4 Å². The van der Waals surface area contributed by atoms with Crippen molar-refractivity contribution in [2.24, 2.45) is 0 Å². The molecule has 0 aliphatic heterocycles. The number of hydrogen-bond donors (Lipinski definition) is 0. The summed E-state index contributed by atoms with van der Waals surface area (Å²) >= 11 is 1.42. The number of fused-ring (bicyclic) bond motifs is 1. The molecule has 0 atom stereocenters. The van der Waals surface area contributed by atoms with Crippen LogP contribution >= 0.6 is 11.8 Å². The molecule has 0 N–H and O–H groups in total. The quantitative estimate of drug-likeness (QED) is 0.202. The normalized spacial score (nSPS) is 11.1. The summed E-state index contributed by atoms with van der Waals surface area (Å²) in [5.41, 5.74) is 3.89. The molecule has 0 bridgehead atoms. The predicted octanol–water partition coefficient (Wildman–Crippen LogP) is 5.97. The molecule has 8 heteroatoms. The van der Waals surface area contributed by atoms with Gasteiger partial charge in [0.25, 0.3) is 5.56 Å². The monoisotopic (exact) mass is 499 g/mol. The van der Waals surface area contributed by atoms with Gasteiger partial charge in [0.2, 0.25) is 5.89 Å². The van der Waals surface area contributed by atoms with Crippen LogP contribution in [0, 0.1) is 13.8 Å². The lowest BCUT2D eigenvalue weighted by atomic mass is 10.1. The number of ether oxygens (including phenoxy) is 2. The van der Waals surface area contributed by atoms with Crippen molar-refractivity contribution in [2.75, 3.05) is 14.2 Å². The molecule has 5 aromatic rings. The van der Waals surface area contributed by atoms with Gasteiger partial charge in [-0.05, 0) is 49.7 Å². The van der Waals surface area contributed by atoms with Crippen LogP contribution in [0.3, 0.4) is 0 Å². The van der Waals surface area contributed by atoms with Crippen molar-refractivity contribution in [3.8, 4) is 28.6 Å². The molecule has 0 saturated heterocycles. The summed E-state index contributed by atoms with van der Waals surface area (Å²) in [7, 11) is 3.15. The highest BCUT2D eigenvalue weighted by Gasteiger charge is 2.19. The minimum Gasteiger partial charge on any atom is -0.497 e. The van der Waals surface area contributed by atoms with Crippen molar-refractivity contribution in [3.63, 3.8) is 0 Å². The van der Waals surface area contributed by atoms with E-state index in [1.165, 1.54) is 11.8 Å². The lowest BCUT2D eigenvalue weighted by Gasteiger charge is -2.16. The second kappa shape index (κ2) is 9.91. The summed E-state index contributed by atoms with van der Waals surface area (Å²) < 4.78 is 18.5. The first-order chi connectivity index (χ1) is 17.5. The molecule has 3 aromatic carbocycles. The Labute approximate surface area is 212 Å². The fourth-order valence-corrected chi connectivity index (χ4v) is 5.02. The highest BCUT2D eigenvalue weighted by atomic mass is 32.2. The molecule has 182 valence electrons. The summed E-state index contributed by atoms with van der Waals surface area (Å²) in [5.74, 6) is 2.94. The zero-order valence-corrected chi connectivity index (χ0v) is 21.3. The lowest BCUT2D eigenvalue weighted by molar-refractivity contribution is 0.392. The molecular formula is C28H25N3O4S. The first-order valence-corrected chi connectivity index (χ1v) is 12.4. The standard InChI is InChI=1S/C28H25N3O4S/c1-17-9-5-6-10-20(17)26-29-23(18(2)35-26)16-36-28-30-22-12-8-7-11-21(22)27(32)31(28)24-14-13-19(33-3)15-25(24)34-4/h5-15H,16H2,1-4H3. The molecule has 0 spiro atoms. The van der Waals surface area contributed by atoms with Crippen LogP contribution in [0.2, 0.25) is 0 Å². The molecular weight excluding hydrogens is 474 g/mol. The van der Waals surface area contributed by atoms with Crippen LogP contribution in [0.15, 0.2) is 81.1 Å². The molecule has 0 aliphatic carbocycles. The topological polar surface area (TPSA) is 79.4 Å². The Morgan fingerprint density at radius 2 is 1.72 bits per heavy atom. The molecule has 0 unspecified atom stereocenters. The minimum absolute atomic E-state index is 0.177. The Morgan fingerprint density at radius 1 is 0.944 bits per heavy atom. The number of aromatic nitrogens is 3. The van der Waals surface area contributed by atoms with Crippen LogP contribution < -0.4 is 15.0 Å². The largest absolute Gasteiger partial charge is 0.497 e. The van der Waals surface area contributed by atoms with E-state index in [0.29, 0.717) is 44.9 Å². The summed E-state index contributed by atoms with van der Waals surface area (Å²) in [5, 5.41) is 1.06. The van der Waals surface area contributed by atoms with Gasteiger partial charge < -0.3 is 13.9 Å². The number of nitrogens with zero attached hydrogens (tertiary/aromatic N) is 3. The number of methoxy groups -OCH3 is 2. The molecule has 0 saturated carbocycles. The second-order valence-electron chi connectivity index (χ2n) is 8.22. The van der Waals surface area contributed by atoms with E-state index in [2.05, 4.69) is 0 Å². The Bertz CT molecular complexity index is 1620. The van der Waals surface area contributed by atoms with Crippen molar-refractivity contribution in [1.29, 1.82) is 0 Å². The van der Waals surface area contributed by atoms with E-state index in [-0.39, 0.29) is 5.56 Å². The molecule has 0 aliphatic rings. The predicted molar refractivity (Wildman–Crippen MR) is 141 cm³/mol. The summed E-state index contributed by atoms with van der Waals surface area (Å²) in [6.45, 7) is 3.93. The van der Waals surface area contributed by atoms with Crippen LogP contribution in [0.1, 0.15) is 17.0 Å². The van der Waals surface area contributed by atoms with E-state index in [9.17, 15) is 4.79 Å². The van der Waals surface area contributed by atoms with Crippen molar-refractivity contribution in [2.45, 2.75) is 24.8 Å². The molecule has 7 nitrogen and oxygen atoms in total. The average Bonchev–Trinajstić information content (AvgIpc) is 3.27. The number of benzene rings is 3. The van der Waals surface area contributed by atoms with Crippen molar-refractivity contribution in [1.82, 2.24) is 14.5 Å². The number of para-hydroxylation sites is 1. The van der Waals surface area contributed by atoms with Gasteiger partial charge in [-0.2, -0.15) is 0 Å². The van der Waals surface area contributed by atoms with Gasteiger partial charge in [-0.25, -0.2) is 9.97 Å². The van der Waals surface area contributed by atoms with Crippen LogP contribution in [0.5, 0.6) is 11.5 Å². The van der Waals surface area contributed by atoms with Crippen LogP contribution in [0.25, 0.3) is 28.0 Å². The van der Waals surface area contributed by atoms with Gasteiger partial charge in [-0.15, -0.1) is 0 Å². The smallest absolute Gasteiger partial charge is 0.266 e. The third-order valence-corrected chi connectivity index (χ3v) is 6.93. The first kappa shape index (κ1) is 23.7. The molecule has 0 amide bonds. The van der Waals surface area contributed by atoms with Crippen LogP contribution in [0.4, 0.5) is 0 Å². The molecule has 2 heterocycles. The van der Waals surface area contributed by atoms with Gasteiger partial charge in [-0.3, -0.25) is 9.36 Å². The Balaban J connectivity index is 1.58. The third-order valence-electron chi connectivity index (χ3n) is 5.98. The molecule has 2 aromatic heterocycles. The average molecular weight is 500 g/mol. The van der Waals surface area contributed by atoms with Gasteiger partial charge >= 0.3 is 0 Å². The maximum atomic E-state index is 13.7. The third kappa shape index (κ3) is 4.35. The summed E-state index contributed by atoms with van der Waals surface area (Å²) in [6, 6.07) is 20.7. The van der Waals surface area contributed by atoms with E-state index >= 15 is 0 Å².